The molecule has 2 heterocycles. The second kappa shape index (κ2) is 7.37. The van der Waals surface area contributed by atoms with Crippen LogP contribution in [-0.2, 0) is 14.3 Å². The molecule has 2 aliphatic heterocycles. The van der Waals surface area contributed by atoms with Gasteiger partial charge in [0.25, 0.3) is 5.91 Å². The van der Waals surface area contributed by atoms with Gasteiger partial charge < -0.3 is 14.4 Å². The molecule has 1 amide bonds. The van der Waals surface area contributed by atoms with Gasteiger partial charge in [-0.25, -0.2) is 0 Å². The molecule has 4 rings (SSSR count). The van der Waals surface area contributed by atoms with Gasteiger partial charge in [-0.15, -0.1) is 0 Å². The van der Waals surface area contributed by atoms with Crippen LogP contribution in [0, 0.1) is 5.92 Å². The number of rotatable bonds is 5. The van der Waals surface area contributed by atoms with E-state index in [0.717, 1.165) is 43.4 Å². The van der Waals surface area contributed by atoms with E-state index in [-0.39, 0.29) is 29.8 Å². The largest absolute Gasteiger partial charge is 0.494 e. The van der Waals surface area contributed by atoms with Crippen LogP contribution < -0.4 is 4.74 Å². The maximum absolute atomic E-state index is 13.4. The molecule has 144 valence electrons. The molecule has 1 aromatic carbocycles. The minimum Gasteiger partial charge on any atom is -0.494 e. The number of ether oxygens (including phenoxy) is 2. The Labute approximate surface area is 160 Å². The average Bonchev–Trinajstić information content (AvgIpc) is 2.96. The van der Waals surface area contributed by atoms with Crippen LogP contribution in [0.2, 0.25) is 0 Å². The maximum Gasteiger partial charge on any atom is 0.290 e. The van der Waals surface area contributed by atoms with E-state index in [4.69, 9.17) is 9.47 Å². The second-order valence-electron chi connectivity index (χ2n) is 7.56. The summed E-state index contributed by atoms with van der Waals surface area (Å²) in [4.78, 5) is 28.3. The quantitative estimate of drug-likeness (QED) is 0.792. The first-order valence-electron chi connectivity index (χ1n) is 10.1. The average molecular weight is 369 g/mol. The molecule has 0 saturated heterocycles. The van der Waals surface area contributed by atoms with Gasteiger partial charge in [0.15, 0.2) is 11.5 Å². The van der Waals surface area contributed by atoms with E-state index in [1.807, 2.05) is 38.1 Å². The highest BCUT2D eigenvalue weighted by atomic mass is 16.5. The number of fused-ring (bicyclic) bond motifs is 1. The summed E-state index contributed by atoms with van der Waals surface area (Å²) >= 11 is 0. The highest BCUT2D eigenvalue weighted by Crippen LogP contribution is 2.47. The van der Waals surface area contributed by atoms with Gasteiger partial charge in [-0.3, -0.25) is 9.59 Å². The van der Waals surface area contributed by atoms with Crippen molar-refractivity contribution in [1.82, 2.24) is 4.90 Å². The minimum atomic E-state index is -0.372. The van der Waals surface area contributed by atoms with Gasteiger partial charge >= 0.3 is 0 Å². The van der Waals surface area contributed by atoms with Gasteiger partial charge in [-0.1, -0.05) is 25.5 Å². The van der Waals surface area contributed by atoms with E-state index in [2.05, 4.69) is 0 Å². The topological polar surface area (TPSA) is 55.8 Å². The molecule has 3 aliphatic rings. The van der Waals surface area contributed by atoms with Gasteiger partial charge in [-0.05, 0) is 50.3 Å². The number of hydrogen-bond acceptors (Lipinski definition) is 4. The van der Waals surface area contributed by atoms with Crippen LogP contribution in [0.1, 0.15) is 57.6 Å². The normalized spacial score (nSPS) is 27.3. The highest BCUT2D eigenvalue weighted by molar-refractivity contribution is 6.11. The number of benzene rings is 1. The Kier molecular flexibility index (Phi) is 4.94. The highest BCUT2D eigenvalue weighted by Gasteiger charge is 2.51. The fourth-order valence-electron chi connectivity index (χ4n) is 4.65. The number of ketones is 1. The van der Waals surface area contributed by atoms with E-state index in [0.29, 0.717) is 24.5 Å². The van der Waals surface area contributed by atoms with E-state index < -0.39 is 0 Å². The van der Waals surface area contributed by atoms with Crippen LogP contribution >= 0.6 is 0 Å². The number of carbonyl (C=O) groups is 2. The molecule has 0 radical (unpaired) electrons. The summed E-state index contributed by atoms with van der Waals surface area (Å²) in [7, 11) is 0. The molecule has 27 heavy (non-hydrogen) atoms. The Hall–Kier alpha value is -2.30. The predicted octanol–water partition coefficient (Wildman–Crippen LogP) is 3.79. The summed E-state index contributed by atoms with van der Waals surface area (Å²) in [5.74, 6) is 0.913. The van der Waals surface area contributed by atoms with Crippen molar-refractivity contribution in [2.75, 3.05) is 13.2 Å². The number of hydrogen-bond donors (Lipinski definition) is 0. The lowest BCUT2D eigenvalue weighted by atomic mass is 9.77. The van der Waals surface area contributed by atoms with Crippen LogP contribution in [0.5, 0.6) is 5.75 Å². The summed E-state index contributed by atoms with van der Waals surface area (Å²) in [6.07, 6.45) is 4.52. The van der Waals surface area contributed by atoms with E-state index in [1.54, 1.807) is 4.90 Å². The third-order valence-electron chi connectivity index (χ3n) is 5.81. The number of amides is 1. The smallest absolute Gasteiger partial charge is 0.290 e. The van der Waals surface area contributed by atoms with Gasteiger partial charge in [0.05, 0.1) is 24.1 Å². The van der Waals surface area contributed by atoms with Crippen LogP contribution in [-0.4, -0.2) is 35.8 Å². The van der Waals surface area contributed by atoms with Crippen molar-refractivity contribution in [2.45, 2.75) is 58.1 Å². The fourth-order valence-corrected chi connectivity index (χ4v) is 4.65. The van der Waals surface area contributed by atoms with Crippen LogP contribution in [0.25, 0.3) is 0 Å². The minimum absolute atomic E-state index is 0.107. The second-order valence-corrected chi connectivity index (χ2v) is 7.56. The molecule has 1 fully saturated rings. The van der Waals surface area contributed by atoms with E-state index in [1.165, 1.54) is 0 Å². The van der Waals surface area contributed by atoms with Crippen LogP contribution in [0.4, 0.5) is 0 Å². The monoisotopic (exact) mass is 369 g/mol. The number of carbonyl (C=O) groups excluding carboxylic acids is 2. The Morgan fingerprint density at radius 2 is 2.00 bits per heavy atom. The molecule has 3 unspecified atom stereocenters. The first-order chi connectivity index (χ1) is 13.2. The van der Waals surface area contributed by atoms with Crippen molar-refractivity contribution in [3.8, 4) is 5.75 Å². The molecule has 5 heteroatoms. The maximum atomic E-state index is 13.4. The van der Waals surface area contributed by atoms with Gasteiger partial charge in [0.1, 0.15) is 11.9 Å². The zero-order valence-corrected chi connectivity index (χ0v) is 16.1. The number of nitrogens with zero attached hydrogens (tertiary/aromatic N) is 1. The molecule has 5 nitrogen and oxygen atoms in total. The van der Waals surface area contributed by atoms with Crippen LogP contribution in [0.15, 0.2) is 35.6 Å². The SMILES string of the molecule is CCCN1C(=O)C2=C(C(=O)C3CCCCC3O2)C1c1cccc(OCC)c1. The summed E-state index contributed by atoms with van der Waals surface area (Å²) in [6.45, 7) is 5.16. The first-order valence-corrected chi connectivity index (χ1v) is 10.1. The summed E-state index contributed by atoms with van der Waals surface area (Å²) in [6, 6.07) is 7.37. The Morgan fingerprint density at radius 3 is 2.78 bits per heavy atom. The molecular formula is C22H27NO4. The first kappa shape index (κ1) is 18.1. The third kappa shape index (κ3) is 3.03. The van der Waals surface area contributed by atoms with Gasteiger partial charge in [0.2, 0.25) is 0 Å². The van der Waals surface area contributed by atoms with E-state index >= 15 is 0 Å². The molecule has 1 aromatic rings. The van der Waals surface area contributed by atoms with Crippen molar-refractivity contribution >= 4 is 11.7 Å². The van der Waals surface area contributed by atoms with Crippen molar-refractivity contribution in [3.63, 3.8) is 0 Å². The Morgan fingerprint density at radius 1 is 1.19 bits per heavy atom. The molecule has 0 N–H and O–H groups in total. The Bertz CT molecular complexity index is 784. The van der Waals surface area contributed by atoms with E-state index in [9.17, 15) is 9.59 Å². The number of Topliss-reactive ketones (excluding diaryl/α,β-unsaturated/α-hetero) is 1. The zero-order valence-electron chi connectivity index (χ0n) is 16.1. The molecule has 0 aromatic heterocycles. The van der Waals surface area contributed by atoms with Gasteiger partial charge in [0, 0.05) is 6.54 Å². The molecule has 1 aliphatic carbocycles. The third-order valence-corrected chi connectivity index (χ3v) is 5.81. The summed E-state index contributed by atoms with van der Waals surface area (Å²) in [5.41, 5.74) is 1.48. The molecule has 3 atom stereocenters. The molecule has 0 bridgehead atoms. The molecule has 0 spiro atoms. The van der Waals surface area contributed by atoms with Crippen molar-refractivity contribution in [1.29, 1.82) is 0 Å². The van der Waals surface area contributed by atoms with Gasteiger partial charge in [-0.2, -0.15) is 0 Å². The Balaban J connectivity index is 1.77. The fraction of sp³-hybridized carbons (Fsp3) is 0.545. The summed E-state index contributed by atoms with van der Waals surface area (Å²) in [5, 5.41) is 0. The lowest BCUT2D eigenvalue weighted by Gasteiger charge is -2.35. The molecular weight excluding hydrogens is 342 g/mol. The zero-order chi connectivity index (χ0) is 19.0. The lowest BCUT2D eigenvalue weighted by Crippen LogP contribution is -2.39. The lowest BCUT2D eigenvalue weighted by molar-refractivity contribution is -0.135. The van der Waals surface area contributed by atoms with Crippen molar-refractivity contribution in [3.05, 3.63) is 41.2 Å². The molecule has 1 saturated carbocycles. The predicted molar refractivity (Wildman–Crippen MR) is 101 cm³/mol. The van der Waals surface area contributed by atoms with Crippen molar-refractivity contribution in [2.24, 2.45) is 5.92 Å². The van der Waals surface area contributed by atoms with Crippen LogP contribution in [0.3, 0.4) is 0 Å². The van der Waals surface area contributed by atoms with Crippen molar-refractivity contribution < 1.29 is 19.1 Å². The standard InChI is InChI=1S/C22H27NO4/c1-3-12-23-19(14-8-7-9-15(13-14)26-4-2)18-20(24)16-10-5-6-11-17(16)27-21(18)22(23)25/h7-9,13,16-17,19H,3-6,10-12H2,1-2H3. The summed E-state index contributed by atoms with van der Waals surface area (Å²) < 4.78 is 11.8.